The Hall–Kier alpha value is -1.10. The Bertz CT molecular complexity index is 419. The van der Waals surface area contributed by atoms with E-state index in [2.05, 4.69) is 20.9 Å². The third kappa shape index (κ3) is 1.84. The zero-order chi connectivity index (χ0) is 11.0. The lowest BCUT2D eigenvalue weighted by Crippen LogP contribution is -2.32. The van der Waals surface area contributed by atoms with E-state index in [0.717, 1.165) is 5.56 Å². The first-order valence-corrected chi connectivity index (χ1v) is 5.36. The summed E-state index contributed by atoms with van der Waals surface area (Å²) in [6, 6.07) is 5.14. The number of benzene rings is 1. The summed E-state index contributed by atoms with van der Waals surface area (Å²) >= 11 is 3.12. The van der Waals surface area contributed by atoms with Crippen molar-refractivity contribution in [3.63, 3.8) is 0 Å². The number of likely N-dealkylation sites (N-methyl/N-ethyl adjacent to an activating group) is 1. The van der Waals surface area contributed by atoms with Crippen LogP contribution in [0.5, 0.6) is 0 Å². The van der Waals surface area contributed by atoms with Gasteiger partial charge in [-0.3, -0.25) is 4.99 Å². The monoisotopic (exact) mass is 271 g/mol. The number of nitrogens with two attached hydrogens (primary N) is 1. The molecule has 1 atom stereocenters. The second-order valence-electron chi connectivity index (χ2n) is 3.50. The van der Waals surface area contributed by atoms with Crippen LogP contribution in [0.25, 0.3) is 0 Å². The molecule has 0 aromatic heterocycles. The standard InChI is InChI=1S/C10H11BrFN3/c1-15-9(5-14-10(15)13)6-2-3-7(11)8(12)4-6/h2-4,9H,5H2,1H3,(H2,13,14). The zero-order valence-electron chi connectivity index (χ0n) is 8.24. The van der Waals surface area contributed by atoms with Gasteiger partial charge in [0.2, 0.25) is 0 Å². The second-order valence-corrected chi connectivity index (χ2v) is 4.35. The molecule has 0 aliphatic carbocycles. The van der Waals surface area contributed by atoms with Gasteiger partial charge in [-0.05, 0) is 33.6 Å². The van der Waals surface area contributed by atoms with Gasteiger partial charge in [0.25, 0.3) is 0 Å². The van der Waals surface area contributed by atoms with E-state index in [1.165, 1.54) is 6.07 Å². The summed E-state index contributed by atoms with van der Waals surface area (Å²) in [7, 11) is 1.86. The van der Waals surface area contributed by atoms with Crippen LogP contribution in [0, 0.1) is 5.82 Å². The number of aliphatic imine (C=N–C) groups is 1. The van der Waals surface area contributed by atoms with E-state index < -0.39 is 0 Å². The maximum absolute atomic E-state index is 13.3. The van der Waals surface area contributed by atoms with Crippen molar-refractivity contribution < 1.29 is 4.39 Å². The van der Waals surface area contributed by atoms with Crippen molar-refractivity contribution in [1.29, 1.82) is 0 Å². The van der Waals surface area contributed by atoms with Gasteiger partial charge in [0, 0.05) is 7.05 Å². The number of rotatable bonds is 1. The minimum atomic E-state index is -0.258. The molecule has 0 spiro atoms. The molecule has 0 bridgehead atoms. The largest absolute Gasteiger partial charge is 0.370 e. The number of nitrogens with zero attached hydrogens (tertiary/aromatic N) is 2. The highest BCUT2D eigenvalue weighted by atomic mass is 79.9. The van der Waals surface area contributed by atoms with Gasteiger partial charge < -0.3 is 10.6 Å². The van der Waals surface area contributed by atoms with Crippen LogP contribution < -0.4 is 5.73 Å². The van der Waals surface area contributed by atoms with E-state index in [4.69, 9.17) is 5.73 Å². The molecule has 5 heteroatoms. The van der Waals surface area contributed by atoms with Gasteiger partial charge in [0.15, 0.2) is 5.96 Å². The van der Waals surface area contributed by atoms with Gasteiger partial charge in [-0.25, -0.2) is 4.39 Å². The van der Waals surface area contributed by atoms with Crippen molar-refractivity contribution in [2.75, 3.05) is 13.6 Å². The molecule has 15 heavy (non-hydrogen) atoms. The lowest BCUT2D eigenvalue weighted by Gasteiger charge is -2.21. The summed E-state index contributed by atoms with van der Waals surface area (Å²) in [5.41, 5.74) is 6.54. The molecule has 2 rings (SSSR count). The average Bonchev–Trinajstić information content (AvgIpc) is 2.53. The van der Waals surface area contributed by atoms with Gasteiger partial charge in [-0.1, -0.05) is 6.07 Å². The van der Waals surface area contributed by atoms with Crippen LogP contribution in [0.4, 0.5) is 4.39 Å². The topological polar surface area (TPSA) is 41.6 Å². The second kappa shape index (κ2) is 3.81. The van der Waals surface area contributed by atoms with Crippen LogP contribution in [0.3, 0.4) is 0 Å². The molecule has 0 fully saturated rings. The number of halogens is 2. The molecule has 0 amide bonds. The van der Waals surface area contributed by atoms with Crippen molar-refractivity contribution in [3.05, 3.63) is 34.1 Å². The van der Waals surface area contributed by atoms with Crippen LogP contribution in [-0.4, -0.2) is 24.5 Å². The molecule has 3 nitrogen and oxygen atoms in total. The maximum atomic E-state index is 13.3. The molecule has 1 unspecified atom stereocenters. The summed E-state index contributed by atoms with van der Waals surface area (Å²) < 4.78 is 13.8. The molecule has 0 saturated heterocycles. The quantitative estimate of drug-likeness (QED) is 0.848. The minimum Gasteiger partial charge on any atom is -0.370 e. The first-order chi connectivity index (χ1) is 7.09. The molecule has 1 aliphatic heterocycles. The Balaban J connectivity index is 2.28. The van der Waals surface area contributed by atoms with E-state index >= 15 is 0 Å². The van der Waals surface area contributed by atoms with Crippen molar-refractivity contribution in [2.45, 2.75) is 6.04 Å². The van der Waals surface area contributed by atoms with Crippen LogP contribution >= 0.6 is 15.9 Å². The summed E-state index contributed by atoms with van der Waals surface area (Å²) in [4.78, 5) is 5.96. The average molecular weight is 272 g/mol. The summed E-state index contributed by atoms with van der Waals surface area (Å²) in [5, 5.41) is 0. The first-order valence-electron chi connectivity index (χ1n) is 4.57. The summed E-state index contributed by atoms with van der Waals surface area (Å²) in [6.07, 6.45) is 0. The molecule has 0 radical (unpaired) electrons. The number of hydrogen-bond donors (Lipinski definition) is 1. The van der Waals surface area contributed by atoms with Gasteiger partial charge in [-0.2, -0.15) is 0 Å². The van der Waals surface area contributed by atoms with Crippen LogP contribution in [0.1, 0.15) is 11.6 Å². The fourth-order valence-electron chi connectivity index (χ4n) is 1.62. The molecule has 1 heterocycles. The Labute approximate surface area is 95.9 Å². The van der Waals surface area contributed by atoms with Crippen LogP contribution in [0.2, 0.25) is 0 Å². The van der Waals surface area contributed by atoms with E-state index in [1.54, 1.807) is 6.07 Å². The SMILES string of the molecule is CN1C(N)=NCC1c1ccc(Br)c(F)c1. The number of guanidine groups is 1. The number of hydrogen-bond acceptors (Lipinski definition) is 3. The minimum absolute atomic E-state index is 0.0487. The Morgan fingerprint density at radius 1 is 1.60 bits per heavy atom. The van der Waals surface area contributed by atoms with Crippen molar-refractivity contribution in [1.82, 2.24) is 4.90 Å². The van der Waals surface area contributed by atoms with Gasteiger partial charge >= 0.3 is 0 Å². The molecule has 0 saturated carbocycles. The molecular weight excluding hydrogens is 261 g/mol. The molecule has 1 aliphatic rings. The molecule has 80 valence electrons. The van der Waals surface area contributed by atoms with E-state index in [-0.39, 0.29) is 11.9 Å². The molecular formula is C10H11BrFN3. The Kier molecular flexibility index (Phi) is 2.65. The lowest BCUT2D eigenvalue weighted by molar-refractivity contribution is 0.412. The van der Waals surface area contributed by atoms with Crippen LogP contribution in [-0.2, 0) is 0 Å². The van der Waals surface area contributed by atoms with Crippen molar-refractivity contribution >= 4 is 21.9 Å². The smallest absolute Gasteiger partial charge is 0.191 e. The third-order valence-electron chi connectivity index (χ3n) is 2.58. The van der Waals surface area contributed by atoms with Crippen molar-refractivity contribution in [3.8, 4) is 0 Å². The predicted octanol–water partition coefficient (Wildman–Crippen LogP) is 1.89. The zero-order valence-corrected chi connectivity index (χ0v) is 9.83. The molecule has 1 aromatic rings. The van der Waals surface area contributed by atoms with Gasteiger partial charge in [0.05, 0.1) is 17.1 Å². The van der Waals surface area contributed by atoms with Crippen molar-refractivity contribution in [2.24, 2.45) is 10.7 Å². The predicted molar refractivity (Wildman–Crippen MR) is 61.1 cm³/mol. The Morgan fingerprint density at radius 3 is 2.87 bits per heavy atom. The van der Waals surface area contributed by atoms with E-state index in [0.29, 0.717) is 17.0 Å². The highest BCUT2D eigenvalue weighted by molar-refractivity contribution is 9.10. The van der Waals surface area contributed by atoms with Gasteiger partial charge in [0.1, 0.15) is 5.82 Å². The Morgan fingerprint density at radius 2 is 2.33 bits per heavy atom. The fraction of sp³-hybridized carbons (Fsp3) is 0.300. The summed E-state index contributed by atoms with van der Waals surface area (Å²) in [6.45, 7) is 0.587. The molecule has 1 aromatic carbocycles. The van der Waals surface area contributed by atoms with Gasteiger partial charge in [-0.15, -0.1) is 0 Å². The maximum Gasteiger partial charge on any atom is 0.191 e. The van der Waals surface area contributed by atoms with Crippen LogP contribution in [0.15, 0.2) is 27.7 Å². The summed E-state index contributed by atoms with van der Waals surface area (Å²) in [5.74, 6) is 0.245. The third-order valence-corrected chi connectivity index (χ3v) is 3.23. The normalized spacial score (nSPS) is 20.6. The lowest BCUT2D eigenvalue weighted by atomic mass is 10.1. The fourth-order valence-corrected chi connectivity index (χ4v) is 1.87. The first kappa shape index (κ1) is 10.4. The van der Waals surface area contributed by atoms with E-state index in [9.17, 15) is 4.39 Å². The molecule has 2 N–H and O–H groups in total. The highest BCUT2D eigenvalue weighted by Gasteiger charge is 2.24. The van der Waals surface area contributed by atoms with E-state index in [1.807, 2.05) is 18.0 Å². The highest BCUT2D eigenvalue weighted by Crippen LogP contribution is 2.26.